The van der Waals surface area contributed by atoms with Crippen LogP contribution in [0.25, 0.3) is 6.08 Å². The van der Waals surface area contributed by atoms with E-state index in [0.29, 0.717) is 29.0 Å². The van der Waals surface area contributed by atoms with E-state index in [2.05, 4.69) is 4.99 Å². The zero-order valence-electron chi connectivity index (χ0n) is 16.7. The van der Waals surface area contributed by atoms with E-state index in [-0.39, 0.29) is 11.7 Å². The molecule has 1 amide bonds. The number of rotatable bonds is 7. The predicted octanol–water partition coefficient (Wildman–Crippen LogP) is 4.81. The molecule has 0 radical (unpaired) electrons. The molecule has 6 nitrogen and oxygen atoms in total. The van der Waals surface area contributed by atoms with Crippen LogP contribution in [0.3, 0.4) is 0 Å². The number of nitrogens with zero attached hydrogens (tertiary/aromatic N) is 2. The summed E-state index contributed by atoms with van der Waals surface area (Å²) in [4.78, 5) is 19.9. The summed E-state index contributed by atoms with van der Waals surface area (Å²) in [6.45, 7) is 5.17. The third-order valence-electron chi connectivity index (χ3n) is 4.21. The standard InChI is InChI=1S/C22H24N2O4S/c1-4-12-24-21(26)20(14-15-6-11-18(25)19(13-15)27-3)29-22(24)23-16-7-9-17(10-8-16)28-5-2/h6-11,13-14,25H,4-5,12H2,1-3H3/b20-14+,23-22?. The smallest absolute Gasteiger partial charge is 0.266 e. The van der Waals surface area contributed by atoms with Gasteiger partial charge in [-0.1, -0.05) is 13.0 Å². The first-order valence-corrected chi connectivity index (χ1v) is 10.3. The molecule has 0 spiro atoms. The minimum Gasteiger partial charge on any atom is -0.504 e. The molecule has 1 heterocycles. The second-order valence-electron chi connectivity index (χ2n) is 6.32. The number of phenolic OH excluding ortho intramolecular Hbond substituents is 1. The Kier molecular flexibility index (Phi) is 6.82. The Balaban J connectivity index is 1.89. The number of aromatic hydroxyl groups is 1. The van der Waals surface area contributed by atoms with Gasteiger partial charge in [0.1, 0.15) is 5.75 Å². The summed E-state index contributed by atoms with van der Waals surface area (Å²) in [6.07, 6.45) is 2.62. The second kappa shape index (κ2) is 9.52. The van der Waals surface area contributed by atoms with Gasteiger partial charge in [0.05, 0.1) is 24.3 Å². The van der Waals surface area contributed by atoms with Crippen molar-refractivity contribution in [2.45, 2.75) is 20.3 Å². The molecule has 0 saturated carbocycles. The number of thioether (sulfide) groups is 1. The van der Waals surface area contributed by atoms with Gasteiger partial charge < -0.3 is 14.6 Å². The van der Waals surface area contributed by atoms with Gasteiger partial charge in [0.2, 0.25) is 0 Å². The van der Waals surface area contributed by atoms with Crippen molar-refractivity contribution in [2.24, 2.45) is 4.99 Å². The van der Waals surface area contributed by atoms with E-state index in [4.69, 9.17) is 9.47 Å². The molecule has 2 aromatic rings. The maximum atomic E-state index is 12.9. The zero-order valence-corrected chi connectivity index (χ0v) is 17.5. The number of amides is 1. The van der Waals surface area contributed by atoms with Crippen molar-refractivity contribution in [1.82, 2.24) is 4.90 Å². The van der Waals surface area contributed by atoms with Gasteiger partial charge >= 0.3 is 0 Å². The summed E-state index contributed by atoms with van der Waals surface area (Å²) in [5.74, 6) is 1.14. The van der Waals surface area contributed by atoms with Crippen LogP contribution in [0.15, 0.2) is 52.4 Å². The number of hydrogen-bond donors (Lipinski definition) is 1. The fraction of sp³-hybridized carbons (Fsp3) is 0.273. The Morgan fingerprint density at radius 3 is 2.59 bits per heavy atom. The lowest BCUT2D eigenvalue weighted by Crippen LogP contribution is -2.29. The van der Waals surface area contributed by atoms with Crippen molar-refractivity contribution in [2.75, 3.05) is 20.3 Å². The number of methoxy groups -OCH3 is 1. The number of ether oxygens (including phenoxy) is 2. The zero-order chi connectivity index (χ0) is 20.8. The Morgan fingerprint density at radius 2 is 1.93 bits per heavy atom. The largest absolute Gasteiger partial charge is 0.504 e. The van der Waals surface area contributed by atoms with Gasteiger partial charge in [0, 0.05) is 6.54 Å². The summed E-state index contributed by atoms with van der Waals surface area (Å²) >= 11 is 1.34. The predicted molar refractivity (Wildman–Crippen MR) is 117 cm³/mol. The molecule has 1 fully saturated rings. The highest BCUT2D eigenvalue weighted by Gasteiger charge is 2.32. The molecule has 2 aromatic carbocycles. The summed E-state index contributed by atoms with van der Waals surface area (Å²) in [5, 5.41) is 10.4. The van der Waals surface area contributed by atoms with Crippen LogP contribution in [-0.2, 0) is 4.79 Å². The Morgan fingerprint density at radius 1 is 1.17 bits per heavy atom. The van der Waals surface area contributed by atoms with Crippen molar-refractivity contribution in [1.29, 1.82) is 0 Å². The molecule has 3 rings (SSSR count). The van der Waals surface area contributed by atoms with Crippen molar-refractivity contribution in [3.05, 3.63) is 52.9 Å². The molecule has 152 valence electrons. The van der Waals surface area contributed by atoms with Crippen molar-refractivity contribution >= 4 is 34.6 Å². The Hall–Kier alpha value is -2.93. The van der Waals surface area contributed by atoms with Crippen LogP contribution in [0.2, 0.25) is 0 Å². The lowest BCUT2D eigenvalue weighted by atomic mass is 10.2. The lowest BCUT2D eigenvalue weighted by molar-refractivity contribution is -0.122. The van der Waals surface area contributed by atoms with E-state index in [1.165, 1.54) is 18.9 Å². The van der Waals surface area contributed by atoms with Crippen LogP contribution in [0.4, 0.5) is 5.69 Å². The van der Waals surface area contributed by atoms with E-state index in [9.17, 15) is 9.90 Å². The summed E-state index contributed by atoms with van der Waals surface area (Å²) < 4.78 is 10.6. The average Bonchev–Trinajstić information content (AvgIpc) is 3.00. The molecule has 0 bridgehead atoms. The number of carbonyl (C=O) groups excluding carboxylic acids is 1. The quantitative estimate of drug-likeness (QED) is 0.661. The number of aliphatic imine (C=N–C) groups is 1. The van der Waals surface area contributed by atoms with Gasteiger partial charge in [0.15, 0.2) is 16.7 Å². The monoisotopic (exact) mass is 412 g/mol. The van der Waals surface area contributed by atoms with Crippen molar-refractivity contribution in [3.8, 4) is 17.2 Å². The summed E-state index contributed by atoms with van der Waals surface area (Å²) in [6, 6.07) is 12.5. The van der Waals surface area contributed by atoms with E-state index >= 15 is 0 Å². The van der Waals surface area contributed by atoms with Crippen LogP contribution in [0, 0.1) is 0 Å². The Bertz CT molecular complexity index is 938. The van der Waals surface area contributed by atoms with Crippen LogP contribution >= 0.6 is 11.8 Å². The molecule has 0 aliphatic carbocycles. The average molecular weight is 413 g/mol. The number of benzene rings is 2. The highest BCUT2D eigenvalue weighted by atomic mass is 32.2. The van der Waals surface area contributed by atoms with Gasteiger partial charge in [-0.3, -0.25) is 9.69 Å². The van der Waals surface area contributed by atoms with Crippen LogP contribution in [0.1, 0.15) is 25.8 Å². The molecule has 1 aliphatic rings. The van der Waals surface area contributed by atoms with E-state index < -0.39 is 0 Å². The topological polar surface area (TPSA) is 71.4 Å². The van der Waals surface area contributed by atoms with Gasteiger partial charge in [0.25, 0.3) is 5.91 Å². The second-order valence-corrected chi connectivity index (χ2v) is 7.33. The maximum Gasteiger partial charge on any atom is 0.266 e. The Labute approximate surface area is 174 Å². The summed E-state index contributed by atoms with van der Waals surface area (Å²) in [7, 11) is 1.49. The number of amidine groups is 1. The minimum absolute atomic E-state index is 0.0606. The van der Waals surface area contributed by atoms with Crippen molar-refractivity contribution in [3.63, 3.8) is 0 Å². The lowest BCUT2D eigenvalue weighted by Gasteiger charge is -2.14. The van der Waals surface area contributed by atoms with Gasteiger partial charge in [-0.2, -0.15) is 0 Å². The minimum atomic E-state index is -0.0754. The van der Waals surface area contributed by atoms with Crippen LogP contribution < -0.4 is 9.47 Å². The van der Waals surface area contributed by atoms with Crippen LogP contribution in [0.5, 0.6) is 17.2 Å². The molecule has 1 N–H and O–H groups in total. The normalized spacial score (nSPS) is 16.7. The molecular formula is C22H24N2O4S. The first-order valence-electron chi connectivity index (χ1n) is 9.45. The van der Waals surface area contributed by atoms with Crippen molar-refractivity contribution < 1.29 is 19.4 Å². The molecule has 0 atom stereocenters. The third-order valence-corrected chi connectivity index (χ3v) is 5.22. The fourth-order valence-electron chi connectivity index (χ4n) is 2.84. The van der Waals surface area contributed by atoms with Gasteiger partial charge in [-0.25, -0.2) is 4.99 Å². The highest BCUT2D eigenvalue weighted by Crippen LogP contribution is 2.35. The molecule has 1 aliphatic heterocycles. The van der Waals surface area contributed by atoms with Gasteiger partial charge in [-0.05, 0) is 73.1 Å². The molecular weight excluding hydrogens is 388 g/mol. The summed E-state index contributed by atoms with van der Waals surface area (Å²) in [5.41, 5.74) is 1.53. The third kappa shape index (κ3) is 4.92. The highest BCUT2D eigenvalue weighted by molar-refractivity contribution is 8.18. The molecule has 1 saturated heterocycles. The van der Waals surface area contributed by atoms with E-state index in [1.807, 2.05) is 38.1 Å². The SMILES string of the molecule is CCCN1C(=O)/C(=C\c2ccc(O)c(OC)c2)SC1=Nc1ccc(OCC)cc1. The number of carbonyl (C=O) groups is 1. The fourth-order valence-corrected chi connectivity index (χ4v) is 3.87. The number of hydrogen-bond acceptors (Lipinski definition) is 6. The molecule has 7 heteroatoms. The molecule has 0 aromatic heterocycles. The molecule has 29 heavy (non-hydrogen) atoms. The van der Waals surface area contributed by atoms with Gasteiger partial charge in [-0.15, -0.1) is 0 Å². The van der Waals surface area contributed by atoms with E-state index in [0.717, 1.165) is 23.4 Å². The number of phenols is 1. The maximum absolute atomic E-state index is 12.9. The van der Waals surface area contributed by atoms with Crippen LogP contribution in [-0.4, -0.2) is 41.3 Å². The first kappa shape index (κ1) is 20.8. The molecule has 0 unspecified atom stereocenters. The van der Waals surface area contributed by atoms with E-state index in [1.54, 1.807) is 29.2 Å². The first-order chi connectivity index (χ1) is 14.0.